The third kappa shape index (κ3) is 5.35. The minimum absolute atomic E-state index is 0.0975. The second-order valence-electron chi connectivity index (χ2n) is 9.99. The summed E-state index contributed by atoms with van der Waals surface area (Å²) in [6.45, 7) is 6.52. The van der Waals surface area contributed by atoms with Crippen LogP contribution in [-0.2, 0) is 11.8 Å². The van der Waals surface area contributed by atoms with Crippen LogP contribution in [0.4, 0.5) is 0 Å². The van der Waals surface area contributed by atoms with E-state index in [0.717, 1.165) is 47.5 Å². The van der Waals surface area contributed by atoms with Gasteiger partial charge in [-0.3, -0.25) is 9.79 Å². The number of ketones is 1. The van der Waals surface area contributed by atoms with E-state index < -0.39 is 0 Å². The molecular weight excluding hydrogens is 422 g/mol. The van der Waals surface area contributed by atoms with E-state index in [9.17, 15) is 4.79 Å². The maximum atomic E-state index is 13.0. The lowest BCUT2D eigenvalue weighted by Gasteiger charge is -2.20. The number of aliphatic hydroxyl groups excluding tert-OH is 1. The highest BCUT2D eigenvalue weighted by Gasteiger charge is 2.43. The highest BCUT2D eigenvalue weighted by Crippen LogP contribution is 2.52. The lowest BCUT2D eigenvalue weighted by molar-refractivity contribution is 0.0919. The first-order chi connectivity index (χ1) is 16.5. The van der Waals surface area contributed by atoms with Crippen LogP contribution in [0.2, 0.25) is 0 Å². The van der Waals surface area contributed by atoms with Crippen LogP contribution < -0.4 is 0 Å². The summed E-state index contributed by atoms with van der Waals surface area (Å²) in [7, 11) is 0. The van der Waals surface area contributed by atoms with Crippen molar-refractivity contribution in [3.8, 4) is 0 Å². The monoisotopic (exact) mass is 459 g/mol. The van der Waals surface area contributed by atoms with E-state index in [1.54, 1.807) is 0 Å². The molecule has 180 valence electrons. The Hall–Kier alpha value is -2.66. The fourth-order valence-corrected chi connectivity index (χ4v) is 5.05. The molecule has 1 N–H and O–H groups in total. The molecule has 2 aromatic rings. The minimum Gasteiger partial charge on any atom is -0.396 e. The van der Waals surface area contributed by atoms with Crippen LogP contribution >= 0.6 is 0 Å². The van der Waals surface area contributed by atoms with Gasteiger partial charge in [-0.25, -0.2) is 9.97 Å². The van der Waals surface area contributed by atoms with Gasteiger partial charge in [0.1, 0.15) is 5.82 Å². The first-order valence-electron chi connectivity index (χ1n) is 12.8. The van der Waals surface area contributed by atoms with E-state index in [0.29, 0.717) is 25.2 Å². The van der Waals surface area contributed by atoms with Gasteiger partial charge in [-0.2, -0.15) is 0 Å². The number of benzene rings is 1. The molecule has 1 aliphatic carbocycles. The number of aliphatic hydroxyl groups is 1. The van der Waals surface area contributed by atoms with Crippen LogP contribution in [0.15, 0.2) is 47.9 Å². The zero-order valence-electron chi connectivity index (χ0n) is 20.8. The van der Waals surface area contributed by atoms with Crippen molar-refractivity contribution in [1.29, 1.82) is 0 Å². The smallest absolute Gasteiger partial charge is 0.165 e. The second kappa shape index (κ2) is 10.7. The summed E-state index contributed by atoms with van der Waals surface area (Å²) in [5, 5.41) is 9.13. The maximum absolute atomic E-state index is 13.0. The van der Waals surface area contributed by atoms with Crippen molar-refractivity contribution in [2.24, 2.45) is 16.8 Å². The third-order valence-corrected chi connectivity index (χ3v) is 7.69. The van der Waals surface area contributed by atoms with Crippen molar-refractivity contribution in [3.63, 3.8) is 0 Å². The molecule has 0 saturated heterocycles. The average Bonchev–Trinajstić information content (AvgIpc) is 3.68. The number of Topliss-reactive ketones (excluding diaryl/α,β-unsaturated/α-hetero) is 1. The van der Waals surface area contributed by atoms with Gasteiger partial charge in [0.15, 0.2) is 5.78 Å². The molecule has 2 aliphatic rings. The molecular formula is C29H37N3O2. The van der Waals surface area contributed by atoms with Crippen molar-refractivity contribution < 1.29 is 9.90 Å². The molecule has 1 aliphatic heterocycles. The van der Waals surface area contributed by atoms with E-state index >= 15 is 0 Å². The van der Waals surface area contributed by atoms with Crippen LogP contribution in [0, 0.1) is 11.8 Å². The lowest BCUT2D eigenvalue weighted by atomic mass is 9.85. The molecule has 0 amide bonds. The summed E-state index contributed by atoms with van der Waals surface area (Å²) in [4.78, 5) is 27.0. The fraction of sp³-hybridized carbons (Fsp3) is 0.517. The van der Waals surface area contributed by atoms with Crippen LogP contribution in [-0.4, -0.2) is 33.2 Å². The summed E-state index contributed by atoms with van der Waals surface area (Å²) < 4.78 is 0. The molecule has 0 bridgehead atoms. The molecule has 0 spiro atoms. The normalized spacial score (nSPS) is 19.5. The summed E-state index contributed by atoms with van der Waals surface area (Å²) in [5.41, 5.74) is 5.53. The van der Waals surface area contributed by atoms with Gasteiger partial charge in [0.2, 0.25) is 0 Å². The highest BCUT2D eigenvalue weighted by molar-refractivity contribution is 6.01. The Kier molecular flexibility index (Phi) is 7.72. The van der Waals surface area contributed by atoms with E-state index in [4.69, 9.17) is 15.1 Å². The van der Waals surface area contributed by atoms with Crippen LogP contribution in [0.3, 0.4) is 0 Å². The Morgan fingerprint density at radius 3 is 2.62 bits per heavy atom. The van der Waals surface area contributed by atoms with Crippen molar-refractivity contribution in [3.05, 3.63) is 70.9 Å². The number of allylic oxidation sites excluding steroid dienone is 1. The number of nitrogens with zero attached hydrogens (tertiary/aromatic N) is 3. The predicted octanol–water partition coefficient (Wildman–Crippen LogP) is 5.83. The van der Waals surface area contributed by atoms with Crippen molar-refractivity contribution in [1.82, 2.24) is 9.97 Å². The Morgan fingerprint density at radius 2 is 1.97 bits per heavy atom. The van der Waals surface area contributed by atoms with Crippen molar-refractivity contribution >= 4 is 11.5 Å². The molecule has 0 radical (unpaired) electrons. The van der Waals surface area contributed by atoms with Gasteiger partial charge in [-0.15, -0.1) is 0 Å². The van der Waals surface area contributed by atoms with Gasteiger partial charge in [0.05, 0.1) is 5.71 Å². The summed E-state index contributed by atoms with van der Waals surface area (Å²) in [6, 6.07) is 6.23. The molecule has 1 aromatic heterocycles. The molecule has 1 fully saturated rings. The molecule has 2 heterocycles. The van der Waals surface area contributed by atoms with E-state index in [-0.39, 0.29) is 23.7 Å². The van der Waals surface area contributed by atoms with Gasteiger partial charge < -0.3 is 5.11 Å². The molecule has 34 heavy (non-hydrogen) atoms. The zero-order valence-corrected chi connectivity index (χ0v) is 20.8. The Bertz CT molecular complexity index is 1070. The number of aromatic nitrogens is 2. The number of rotatable bonds is 11. The number of carbonyl (C=O) groups excluding carboxylic acids is 1. The lowest BCUT2D eigenvalue weighted by Crippen LogP contribution is -2.15. The SMILES string of the molecule is CCC1C=CN=C(c2cnc(Cc3cc(C(=O)C(C)CCCO)ccc3C3(CC)CC3)nc2)C1. The number of aliphatic imine (C=N–C) groups is 1. The van der Waals surface area contributed by atoms with Gasteiger partial charge >= 0.3 is 0 Å². The Morgan fingerprint density at radius 1 is 1.21 bits per heavy atom. The molecule has 1 saturated carbocycles. The Balaban J connectivity index is 1.58. The van der Waals surface area contributed by atoms with Gasteiger partial charge in [0, 0.05) is 48.7 Å². The van der Waals surface area contributed by atoms with Crippen LogP contribution in [0.5, 0.6) is 0 Å². The van der Waals surface area contributed by atoms with E-state index in [1.807, 2.05) is 31.6 Å². The molecule has 2 unspecified atom stereocenters. The zero-order chi connectivity index (χ0) is 24.1. The molecule has 5 nitrogen and oxygen atoms in total. The molecule has 2 atom stereocenters. The van der Waals surface area contributed by atoms with Crippen LogP contribution in [0.1, 0.15) is 98.6 Å². The van der Waals surface area contributed by atoms with Crippen molar-refractivity contribution in [2.45, 2.75) is 77.6 Å². The molecule has 4 rings (SSSR count). The van der Waals surface area contributed by atoms with Gasteiger partial charge in [-0.1, -0.05) is 39.0 Å². The van der Waals surface area contributed by atoms with Gasteiger partial charge in [-0.05, 0) is 73.5 Å². The van der Waals surface area contributed by atoms with E-state index in [2.05, 4.69) is 37.0 Å². The maximum Gasteiger partial charge on any atom is 0.165 e. The number of carbonyl (C=O) groups is 1. The quantitative estimate of drug-likeness (QED) is 0.429. The molecule has 5 heteroatoms. The summed E-state index contributed by atoms with van der Waals surface area (Å²) in [5.74, 6) is 1.35. The second-order valence-corrected chi connectivity index (χ2v) is 9.99. The fourth-order valence-electron chi connectivity index (χ4n) is 5.05. The van der Waals surface area contributed by atoms with Crippen LogP contribution in [0.25, 0.3) is 0 Å². The third-order valence-electron chi connectivity index (χ3n) is 7.69. The minimum atomic E-state index is -0.0975. The average molecular weight is 460 g/mol. The standard InChI is InChI=1S/C29H37N3O2/c1-4-21-10-13-30-26(15-21)24-18-31-27(32-19-24)17-23-16-22(28(34)20(3)7-6-14-33)8-9-25(23)29(5-2)11-12-29/h8-10,13,16,18-21,33H,4-7,11-12,14-15,17H2,1-3H3. The summed E-state index contributed by atoms with van der Waals surface area (Å²) >= 11 is 0. The number of hydrogen-bond acceptors (Lipinski definition) is 5. The van der Waals surface area contributed by atoms with E-state index in [1.165, 1.54) is 18.4 Å². The predicted molar refractivity (Wildman–Crippen MR) is 136 cm³/mol. The topological polar surface area (TPSA) is 75.4 Å². The van der Waals surface area contributed by atoms with Crippen molar-refractivity contribution in [2.75, 3.05) is 6.61 Å². The summed E-state index contributed by atoms with van der Waals surface area (Å²) in [6.07, 6.45) is 15.4. The van der Waals surface area contributed by atoms with Gasteiger partial charge in [0.25, 0.3) is 0 Å². The first kappa shape index (κ1) is 24.5. The number of hydrogen-bond donors (Lipinski definition) is 1. The largest absolute Gasteiger partial charge is 0.396 e. The Labute approximate surface area is 203 Å². The first-order valence-corrected chi connectivity index (χ1v) is 12.8. The highest BCUT2D eigenvalue weighted by atomic mass is 16.3. The molecule has 1 aromatic carbocycles.